The minimum absolute atomic E-state index is 0.135. The van der Waals surface area contributed by atoms with Crippen molar-refractivity contribution in [3.63, 3.8) is 0 Å². The Morgan fingerprint density at radius 1 is 1.09 bits per heavy atom. The van der Waals surface area contributed by atoms with Crippen LogP contribution in [0, 0.1) is 0 Å². The average Bonchev–Trinajstić information content (AvgIpc) is 2.93. The lowest BCUT2D eigenvalue weighted by molar-refractivity contribution is -0.118. The van der Waals surface area contributed by atoms with Gasteiger partial charge in [0.25, 0.3) is 0 Å². The van der Waals surface area contributed by atoms with Gasteiger partial charge in [-0.1, -0.05) is 90.3 Å². The number of hydrogen-bond donors (Lipinski definition) is 0. The molecule has 4 rings (SSSR count). The van der Waals surface area contributed by atoms with Crippen molar-refractivity contribution in [2.24, 2.45) is 0 Å². The normalized spacial score (nSPS) is 14.8. The molecule has 3 aromatic rings. The van der Waals surface area contributed by atoms with E-state index in [9.17, 15) is 4.79 Å². The summed E-state index contributed by atoms with van der Waals surface area (Å²) in [7, 11) is 0. The van der Waals surface area contributed by atoms with E-state index in [0.717, 1.165) is 33.5 Å². The van der Waals surface area contributed by atoms with Crippen molar-refractivity contribution in [2.75, 3.05) is 10.7 Å². The van der Waals surface area contributed by atoms with Crippen LogP contribution in [0.3, 0.4) is 0 Å². The Hall–Kier alpha value is -2.45. The van der Waals surface area contributed by atoms with Crippen molar-refractivity contribution < 1.29 is 9.53 Å². The molecule has 1 atom stereocenters. The number of hydrogen-bond acceptors (Lipinski definition) is 6. The largest absolute Gasteiger partial charge is 0.447 e. The Morgan fingerprint density at radius 2 is 1.88 bits per heavy atom. The summed E-state index contributed by atoms with van der Waals surface area (Å²) in [5.74, 6) is 1.18. The summed E-state index contributed by atoms with van der Waals surface area (Å²) in [4.78, 5) is 19.2. The molecule has 0 aliphatic carbocycles. The molecule has 0 N–H and O–H groups in total. The van der Waals surface area contributed by atoms with E-state index in [0.29, 0.717) is 16.7 Å². The van der Waals surface area contributed by atoms with Crippen LogP contribution in [-0.2, 0) is 4.79 Å². The third-order valence-corrected chi connectivity index (χ3v) is 6.90. The van der Waals surface area contributed by atoms with E-state index in [-0.39, 0.29) is 5.91 Å². The maximum absolute atomic E-state index is 12.8. The smallest absolute Gasteiger partial charge is 0.247 e. The molecular formula is C24H25BrN4O2S. The number of nitrogens with zero attached hydrogens (tertiary/aromatic N) is 4. The highest BCUT2D eigenvalue weighted by atomic mass is 79.9. The molecular weight excluding hydrogens is 488 g/mol. The first kappa shape index (κ1) is 22.7. The third-order valence-electron chi connectivity index (χ3n) is 5.25. The van der Waals surface area contributed by atoms with Gasteiger partial charge in [0, 0.05) is 28.3 Å². The highest BCUT2D eigenvalue weighted by Gasteiger charge is 2.35. The van der Waals surface area contributed by atoms with Gasteiger partial charge in [-0.3, -0.25) is 9.69 Å². The lowest BCUT2D eigenvalue weighted by atomic mass is 10.1. The quantitative estimate of drug-likeness (QED) is 0.268. The number of unbranched alkanes of at least 4 members (excludes halogenated alkanes) is 3. The van der Waals surface area contributed by atoms with Crippen LogP contribution in [0.15, 0.2) is 58.2 Å². The van der Waals surface area contributed by atoms with Crippen molar-refractivity contribution in [1.82, 2.24) is 15.2 Å². The molecule has 0 saturated heterocycles. The molecule has 6 nitrogen and oxygen atoms in total. The van der Waals surface area contributed by atoms with Crippen molar-refractivity contribution in [1.29, 1.82) is 0 Å². The summed E-state index contributed by atoms with van der Waals surface area (Å²) in [6.07, 6.45) is 4.06. The van der Waals surface area contributed by atoms with Gasteiger partial charge in [-0.05, 0) is 18.6 Å². The van der Waals surface area contributed by atoms with Crippen LogP contribution in [0.5, 0.6) is 5.88 Å². The van der Waals surface area contributed by atoms with E-state index in [1.807, 2.05) is 48.5 Å². The van der Waals surface area contributed by atoms with Gasteiger partial charge in [-0.2, -0.15) is 4.98 Å². The number of aromatic nitrogens is 3. The average molecular weight is 513 g/mol. The fourth-order valence-corrected chi connectivity index (χ4v) is 4.94. The summed E-state index contributed by atoms with van der Waals surface area (Å²) in [5.41, 5.74) is 2.86. The summed E-state index contributed by atoms with van der Waals surface area (Å²) < 4.78 is 7.27. The molecule has 1 aliphatic heterocycles. The Bertz CT molecular complexity index is 1110. The number of anilines is 1. The second-order valence-electron chi connectivity index (χ2n) is 7.56. The van der Waals surface area contributed by atoms with E-state index in [1.165, 1.54) is 26.2 Å². The van der Waals surface area contributed by atoms with E-state index in [4.69, 9.17) is 9.72 Å². The van der Waals surface area contributed by atoms with Crippen molar-refractivity contribution in [2.45, 2.75) is 50.9 Å². The van der Waals surface area contributed by atoms with E-state index in [2.05, 4.69) is 33.1 Å². The number of halogens is 1. The molecule has 32 heavy (non-hydrogen) atoms. The molecule has 0 bridgehead atoms. The maximum Gasteiger partial charge on any atom is 0.247 e. The lowest BCUT2D eigenvalue weighted by Crippen LogP contribution is -2.36. The van der Waals surface area contributed by atoms with Crippen LogP contribution in [0.2, 0.25) is 0 Å². The minimum atomic E-state index is -0.690. The monoisotopic (exact) mass is 512 g/mol. The molecule has 2 aromatic carbocycles. The van der Waals surface area contributed by atoms with Gasteiger partial charge in [0.05, 0.1) is 5.69 Å². The van der Waals surface area contributed by atoms with Gasteiger partial charge in [0.2, 0.25) is 23.2 Å². The molecule has 8 heteroatoms. The summed E-state index contributed by atoms with van der Waals surface area (Å²) in [6, 6.07) is 15.4. The fraction of sp³-hybridized carbons (Fsp3) is 0.333. The SMILES string of the molecule is CCCCCCSc1nnc2c(n1)O[C@@H](c1ccccc1Br)N(C(C)=O)c1ccccc1-2. The Morgan fingerprint density at radius 3 is 2.66 bits per heavy atom. The number of carbonyl (C=O) groups excluding carboxylic acids is 1. The van der Waals surface area contributed by atoms with Crippen LogP contribution >= 0.6 is 27.7 Å². The first-order valence-corrected chi connectivity index (χ1v) is 12.6. The number of rotatable bonds is 7. The van der Waals surface area contributed by atoms with Gasteiger partial charge in [-0.15, -0.1) is 10.2 Å². The van der Waals surface area contributed by atoms with Gasteiger partial charge in [0.1, 0.15) is 0 Å². The summed E-state index contributed by atoms with van der Waals surface area (Å²) >= 11 is 5.20. The Labute approximate surface area is 200 Å². The molecule has 0 radical (unpaired) electrons. The van der Waals surface area contributed by atoms with Gasteiger partial charge in [-0.25, -0.2) is 0 Å². The van der Waals surface area contributed by atoms with Gasteiger partial charge < -0.3 is 4.74 Å². The van der Waals surface area contributed by atoms with Crippen molar-refractivity contribution in [3.05, 3.63) is 58.6 Å². The van der Waals surface area contributed by atoms with Crippen LogP contribution in [0.25, 0.3) is 11.3 Å². The van der Waals surface area contributed by atoms with E-state index >= 15 is 0 Å². The standard InChI is InChI=1S/C24H25BrN4O2S/c1-3-4-5-10-15-32-24-26-22-21(27-28-24)18-12-7-9-14-20(18)29(16(2)30)23(31-22)17-11-6-8-13-19(17)25/h6-9,11-14,23H,3-5,10,15H2,1-2H3/t23-/m0/s1. The first-order chi connectivity index (χ1) is 15.6. The topological polar surface area (TPSA) is 68.2 Å². The van der Waals surface area contributed by atoms with Crippen LogP contribution in [-0.4, -0.2) is 26.8 Å². The Kier molecular flexibility index (Phi) is 7.42. The van der Waals surface area contributed by atoms with E-state index in [1.54, 1.807) is 16.7 Å². The zero-order chi connectivity index (χ0) is 22.5. The van der Waals surface area contributed by atoms with Crippen LogP contribution < -0.4 is 9.64 Å². The number of fused-ring (bicyclic) bond motifs is 3. The second kappa shape index (κ2) is 10.4. The molecule has 0 unspecified atom stereocenters. The molecule has 2 heterocycles. The summed E-state index contributed by atoms with van der Waals surface area (Å²) in [5, 5.41) is 9.40. The highest BCUT2D eigenvalue weighted by Crippen LogP contribution is 2.44. The third kappa shape index (κ3) is 4.81. The van der Waals surface area contributed by atoms with Crippen LogP contribution in [0.4, 0.5) is 5.69 Å². The summed E-state index contributed by atoms with van der Waals surface area (Å²) in [6.45, 7) is 3.74. The number of ether oxygens (including phenoxy) is 1. The van der Waals surface area contributed by atoms with Crippen molar-refractivity contribution >= 4 is 39.3 Å². The number of carbonyl (C=O) groups is 1. The molecule has 0 saturated carbocycles. The van der Waals surface area contributed by atoms with Gasteiger partial charge in [0.15, 0.2) is 5.69 Å². The molecule has 0 spiro atoms. The van der Waals surface area contributed by atoms with E-state index < -0.39 is 6.23 Å². The molecule has 1 aromatic heterocycles. The predicted octanol–water partition coefficient (Wildman–Crippen LogP) is 6.42. The molecule has 0 fully saturated rings. The second-order valence-corrected chi connectivity index (χ2v) is 9.47. The fourth-order valence-electron chi connectivity index (χ4n) is 3.68. The number of thioether (sulfide) groups is 1. The maximum atomic E-state index is 12.8. The number of amides is 1. The first-order valence-electron chi connectivity index (χ1n) is 10.8. The van der Waals surface area contributed by atoms with Crippen LogP contribution in [0.1, 0.15) is 51.3 Å². The molecule has 1 aliphatic rings. The Balaban J connectivity index is 1.76. The lowest BCUT2D eigenvalue weighted by Gasteiger charge is -2.30. The number of para-hydroxylation sites is 1. The molecule has 1 amide bonds. The molecule has 166 valence electrons. The number of benzene rings is 2. The zero-order valence-electron chi connectivity index (χ0n) is 18.1. The van der Waals surface area contributed by atoms with Gasteiger partial charge >= 0.3 is 0 Å². The predicted molar refractivity (Wildman–Crippen MR) is 131 cm³/mol. The zero-order valence-corrected chi connectivity index (χ0v) is 20.5. The highest BCUT2D eigenvalue weighted by molar-refractivity contribution is 9.10. The van der Waals surface area contributed by atoms with Crippen molar-refractivity contribution in [3.8, 4) is 17.1 Å². The minimum Gasteiger partial charge on any atom is -0.447 e.